The van der Waals surface area contributed by atoms with Crippen LogP contribution in [-0.4, -0.2) is 33.9 Å². The van der Waals surface area contributed by atoms with Gasteiger partial charge in [-0.1, -0.05) is 18.9 Å². The Morgan fingerprint density at radius 3 is 2.63 bits per heavy atom. The van der Waals surface area contributed by atoms with E-state index in [1.807, 2.05) is 6.08 Å². The molecule has 0 aromatic heterocycles. The smallest absolute Gasteiger partial charge is 0.330 e. The van der Waals surface area contributed by atoms with Crippen LogP contribution in [0, 0.1) is 11.8 Å². The molecule has 19 heavy (non-hydrogen) atoms. The van der Waals surface area contributed by atoms with Crippen molar-refractivity contribution >= 4 is 16.1 Å². The molecule has 0 spiro atoms. The maximum absolute atomic E-state index is 11.3. The van der Waals surface area contributed by atoms with Gasteiger partial charge in [0.15, 0.2) is 0 Å². The molecule has 1 rings (SSSR count). The standard InChI is InChI=1S/C13H22O5S/c1-3-17-13(14)9-8-11-6-4-5-7-12(11)10-18-19(2,15)16/h8-9,11-12H,3-7,10H2,1-2H3/b9-8+/t11-,12-/m1/s1. The Kier molecular flexibility index (Phi) is 6.51. The largest absolute Gasteiger partial charge is 0.463 e. The molecule has 1 aliphatic rings. The van der Waals surface area contributed by atoms with Crippen LogP contribution in [0.2, 0.25) is 0 Å². The maximum Gasteiger partial charge on any atom is 0.330 e. The van der Waals surface area contributed by atoms with Crippen molar-refractivity contribution in [2.75, 3.05) is 19.5 Å². The Balaban J connectivity index is 2.54. The lowest BCUT2D eigenvalue weighted by atomic mass is 9.79. The minimum Gasteiger partial charge on any atom is -0.463 e. The number of allylic oxidation sites excluding steroid dienone is 1. The maximum atomic E-state index is 11.3. The lowest BCUT2D eigenvalue weighted by molar-refractivity contribution is -0.137. The summed E-state index contributed by atoms with van der Waals surface area (Å²) in [6.45, 7) is 2.31. The first-order chi connectivity index (χ1) is 8.92. The SMILES string of the molecule is CCOC(=O)/C=C/[C@H]1CCCC[C@@H]1COS(C)(=O)=O. The predicted molar refractivity (Wildman–Crippen MR) is 72.0 cm³/mol. The summed E-state index contributed by atoms with van der Waals surface area (Å²) in [5.41, 5.74) is 0. The molecule has 0 aromatic carbocycles. The van der Waals surface area contributed by atoms with Crippen molar-refractivity contribution in [3.05, 3.63) is 12.2 Å². The fraction of sp³-hybridized carbons (Fsp3) is 0.769. The van der Waals surface area contributed by atoms with Crippen LogP contribution in [0.5, 0.6) is 0 Å². The molecule has 6 heteroatoms. The molecule has 0 bridgehead atoms. The molecule has 1 saturated carbocycles. The number of esters is 1. The van der Waals surface area contributed by atoms with Gasteiger partial charge in [-0.25, -0.2) is 4.79 Å². The van der Waals surface area contributed by atoms with E-state index in [0.717, 1.165) is 31.9 Å². The molecule has 0 N–H and O–H groups in total. The third kappa shape index (κ3) is 6.73. The Morgan fingerprint density at radius 1 is 1.32 bits per heavy atom. The third-order valence-electron chi connectivity index (χ3n) is 3.23. The van der Waals surface area contributed by atoms with Gasteiger partial charge in [0.05, 0.1) is 19.5 Å². The van der Waals surface area contributed by atoms with Gasteiger partial charge in [0, 0.05) is 6.08 Å². The topological polar surface area (TPSA) is 69.7 Å². The molecular weight excluding hydrogens is 268 g/mol. The first-order valence-corrected chi connectivity index (χ1v) is 8.43. The average Bonchev–Trinajstić information content (AvgIpc) is 2.34. The minimum atomic E-state index is -3.40. The van der Waals surface area contributed by atoms with Crippen LogP contribution in [0.4, 0.5) is 0 Å². The van der Waals surface area contributed by atoms with Crippen molar-refractivity contribution in [1.29, 1.82) is 0 Å². The van der Waals surface area contributed by atoms with Crippen LogP contribution in [0.3, 0.4) is 0 Å². The van der Waals surface area contributed by atoms with E-state index in [0.29, 0.717) is 6.61 Å². The summed E-state index contributed by atoms with van der Waals surface area (Å²) in [5, 5.41) is 0. The van der Waals surface area contributed by atoms with E-state index in [9.17, 15) is 13.2 Å². The summed E-state index contributed by atoms with van der Waals surface area (Å²) in [4.78, 5) is 11.3. The second kappa shape index (κ2) is 7.65. The Hall–Kier alpha value is -0.880. The average molecular weight is 290 g/mol. The molecule has 0 heterocycles. The van der Waals surface area contributed by atoms with Gasteiger partial charge in [-0.15, -0.1) is 0 Å². The van der Waals surface area contributed by atoms with Crippen molar-refractivity contribution in [3.8, 4) is 0 Å². The monoisotopic (exact) mass is 290 g/mol. The minimum absolute atomic E-state index is 0.147. The van der Waals surface area contributed by atoms with E-state index >= 15 is 0 Å². The van der Waals surface area contributed by atoms with Crippen molar-refractivity contribution in [1.82, 2.24) is 0 Å². The first-order valence-electron chi connectivity index (χ1n) is 6.61. The molecule has 0 saturated heterocycles. The van der Waals surface area contributed by atoms with Crippen LogP contribution in [0.15, 0.2) is 12.2 Å². The van der Waals surface area contributed by atoms with Crippen LogP contribution in [0.25, 0.3) is 0 Å². The van der Waals surface area contributed by atoms with Gasteiger partial charge in [0.25, 0.3) is 10.1 Å². The lowest BCUT2D eigenvalue weighted by Crippen LogP contribution is -2.24. The van der Waals surface area contributed by atoms with Crippen LogP contribution in [-0.2, 0) is 23.8 Å². The van der Waals surface area contributed by atoms with Gasteiger partial charge in [-0.05, 0) is 31.6 Å². The third-order valence-corrected chi connectivity index (χ3v) is 3.79. The van der Waals surface area contributed by atoms with Gasteiger partial charge in [-0.2, -0.15) is 8.42 Å². The highest BCUT2D eigenvalue weighted by Crippen LogP contribution is 2.31. The summed E-state index contributed by atoms with van der Waals surface area (Å²) < 4.78 is 31.7. The molecule has 1 aliphatic carbocycles. The Labute approximate surface area is 115 Å². The molecule has 0 amide bonds. The lowest BCUT2D eigenvalue weighted by Gasteiger charge is -2.28. The number of hydrogen-bond acceptors (Lipinski definition) is 5. The number of carbonyl (C=O) groups excluding carboxylic acids is 1. The molecule has 1 fully saturated rings. The van der Waals surface area contributed by atoms with Crippen molar-refractivity contribution in [2.45, 2.75) is 32.6 Å². The van der Waals surface area contributed by atoms with E-state index in [1.54, 1.807) is 6.92 Å². The van der Waals surface area contributed by atoms with Gasteiger partial charge in [-0.3, -0.25) is 4.18 Å². The van der Waals surface area contributed by atoms with Crippen molar-refractivity contribution in [3.63, 3.8) is 0 Å². The second-order valence-electron chi connectivity index (χ2n) is 4.81. The van der Waals surface area contributed by atoms with E-state index in [2.05, 4.69) is 0 Å². The molecule has 2 atom stereocenters. The van der Waals surface area contributed by atoms with Crippen molar-refractivity contribution < 1.29 is 22.1 Å². The molecule has 0 aliphatic heterocycles. The van der Waals surface area contributed by atoms with Gasteiger partial charge in [0.1, 0.15) is 0 Å². The summed E-state index contributed by atoms with van der Waals surface area (Å²) in [6.07, 6.45) is 8.36. The zero-order valence-electron chi connectivity index (χ0n) is 11.5. The molecular formula is C13H22O5S. The fourth-order valence-corrected chi connectivity index (χ4v) is 2.72. The quantitative estimate of drug-likeness (QED) is 0.424. The molecule has 110 valence electrons. The van der Waals surface area contributed by atoms with Gasteiger partial charge in [0.2, 0.25) is 0 Å². The highest BCUT2D eigenvalue weighted by molar-refractivity contribution is 7.85. The van der Waals surface area contributed by atoms with E-state index < -0.39 is 10.1 Å². The Morgan fingerprint density at radius 2 is 2.00 bits per heavy atom. The highest BCUT2D eigenvalue weighted by atomic mass is 32.2. The number of hydrogen-bond donors (Lipinski definition) is 0. The Bertz CT molecular complexity index is 413. The number of ether oxygens (including phenoxy) is 1. The molecule has 0 radical (unpaired) electrons. The fourth-order valence-electron chi connectivity index (χ4n) is 2.30. The zero-order valence-corrected chi connectivity index (χ0v) is 12.3. The van der Waals surface area contributed by atoms with Gasteiger partial charge >= 0.3 is 5.97 Å². The molecule has 0 unspecified atom stereocenters. The summed E-state index contributed by atoms with van der Waals surface area (Å²) in [5.74, 6) is -0.0232. The summed E-state index contributed by atoms with van der Waals surface area (Å²) in [6, 6.07) is 0. The molecule has 0 aromatic rings. The van der Waals surface area contributed by atoms with E-state index in [-0.39, 0.29) is 24.4 Å². The highest BCUT2D eigenvalue weighted by Gasteiger charge is 2.24. The predicted octanol–water partition coefficient (Wildman–Crippen LogP) is 1.89. The van der Waals surface area contributed by atoms with Crippen molar-refractivity contribution in [2.24, 2.45) is 11.8 Å². The number of carbonyl (C=O) groups is 1. The van der Waals surface area contributed by atoms with Crippen LogP contribution in [0.1, 0.15) is 32.6 Å². The van der Waals surface area contributed by atoms with Crippen LogP contribution < -0.4 is 0 Å². The summed E-state index contributed by atoms with van der Waals surface area (Å²) >= 11 is 0. The zero-order chi connectivity index (χ0) is 14.3. The van der Waals surface area contributed by atoms with E-state index in [1.165, 1.54) is 6.08 Å². The number of rotatable bonds is 6. The normalized spacial score (nSPS) is 24.5. The van der Waals surface area contributed by atoms with Gasteiger partial charge < -0.3 is 4.74 Å². The summed E-state index contributed by atoms with van der Waals surface area (Å²) in [7, 11) is -3.40. The van der Waals surface area contributed by atoms with E-state index in [4.69, 9.17) is 8.92 Å². The molecule has 5 nitrogen and oxygen atoms in total. The second-order valence-corrected chi connectivity index (χ2v) is 6.45. The first kappa shape index (κ1) is 16.2. The van der Waals surface area contributed by atoms with Crippen LogP contribution >= 0.6 is 0 Å².